The van der Waals surface area contributed by atoms with Crippen LogP contribution in [0.15, 0.2) is 52.4 Å². The van der Waals surface area contributed by atoms with Gasteiger partial charge in [-0.1, -0.05) is 28.1 Å². The van der Waals surface area contributed by atoms with E-state index in [0.29, 0.717) is 0 Å². The van der Waals surface area contributed by atoms with Gasteiger partial charge in [0.25, 0.3) is 0 Å². The Morgan fingerprint density at radius 1 is 1.18 bits per heavy atom. The van der Waals surface area contributed by atoms with Gasteiger partial charge in [0.15, 0.2) is 0 Å². The molecule has 1 aromatic carbocycles. The molecular formula is C13H9BrN2S. The van der Waals surface area contributed by atoms with Crippen molar-refractivity contribution in [1.29, 1.82) is 0 Å². The molecule has 1 N–H and O–H groups in total. The third kappa shape index (κ3) is 2.18. The Labute approximate surface area is 111 Å². The van der Waals surface area contributed by atoms with Crippen molar-refractivity contribution in [2.45, 2.75) is 0 Å². The molecule has 0 atom stereocenters. The standard InChI is InChI=1S/C13H9BrN2S/c14-10-4-1-3-9(7-10)13-16-12(8-17-13)11-5-2-6-15-11/h1-8,15H. The van der Waals surface area contributed by atoms with Crippen LogP contribution in [0, 0.1) is 0 Å². The largest absolute Gasteiger partial charge is 0.360 e. The molecule has 0 spiro atoms. The van der Waals surface area contributed by atoms with Crippen molar-refractivity contribution in [1.82, 2.24) is 9.97 Å². The van der Waals surface area contributed by atoms with E-state index in [2.05, 4.69) is 43.4 Å². The Kier molecular flexibility index (Phi) is 2.82. The highest BCUT2D eigenvalue weighted by atomic mass is 79.9. The molecule has 3 aromatic rings. The summed E-state index contributed by atoms with van der Waals surface area (Å²) in [5.74, 6) is 0. The number of nitrogens with zero attached hydrogens (tertiary/aromatic N) is 1. The van der Waals surface area contributed by atoms with Crippen LogP contribution in [0.25, 0.3) is 22.0 Å². The molecule has 0 aliphatic heterocycles. The van der Waals surface area contributed by atoms with Crippen LogP contribution in [0.1, 0.15) is 0 Å². The summed E-state index contributed by atoms with van der Waals surface area (Å²) in [4.78, 5) is 7.80. The number of thiazole rings is 1. The van der Waals surface area contributed by atoms with E-state index in [4.69, 9.17) is 0 Å². The van der Waals surface area contributed by atoms with Gasteiger partial charge in [0.05, 0.1) is 11.4 Å². The molecule has 0 aliphatic carbocycles. The molecule has 0 amide bonds. The Bertz CT molecular complexity index is 628. The summed E-state index contributed by atoms with van der Waals surface area (Å²) in [7, 11) is 0. The smallest absolute Gasteiger partial charge is 0.124 e. The molecule has 0 bridgehead atoms. The first-order chi connectivity index (χ1) is 8.33. The van der Waals surface area contributed by atoms with Gasteiger partial charge in [0.1, 0.15) is 5.01 Å². The van der Waals surface area contributed by atoms with Gasteiger partial charge in [-0.05, 0) is 24.3 Å². The molecule has 2 nitrogen and oxygen atoms in total. The monoisotopic (exact) mass is 304 g/mol. The van der Waals surface area contributed by atoms with Crippen LogP contribution in [0.3, 0.4) is 0 Å². The third-order valence-corrected chi connectivity index (χ3v) is 3.83. The van der Waals surface area contributed by atoms with E-state index in [-0.39, 0.29) is 0 Å². The van der Waals surface area contributed by atoms with E-state index >= 15 is 0 Å². The average Bonchev–Trinajstić information content (AvgIpc) is 3.00. The minimum Gasteiger partial charge on any atom is -0.360 e. The lowest BCUT2D eigenvalue weighted by atomic mass is 10.2. The van der Waals surface area contributed by atoms with Crippen LogP contribution < -0.4 is 0 Å². The molecular weight excluding hydrogens is 296 g/mol. The fourth-order valence-corrected chi connectivity index (χ4v) is 2.86. The summed E-state index contributed by atoms with van der Waals surface area (Å²) >= 11 is 5.13. The van der Waals surface area contributed by atoms with E-state index in [1.54, 1.807) is 11.3 Å². The first-order valence-electron chi connectivity index (χ1n) is 5.18. The van der Waals surface area contributed by atoms with Crippen LogP contribution in [-0.2, 0) is 0 Å². The molecule has 3 rings (SSSR count). The molecule has 0 aliphatic rings. The average molecular weight is 305 g/mol. The van der Waals surface area contributed by atoms with Gasteiger partial charge in [0.2, 0.25) is 0 Å². The lowest BCUT2D eigenvalue weighted by Gasteiger charge is -1.96. The van der Waals surface area contributed by atoms with E-state index in [1.807, 2.05) is 30.5 Å². The molecule has 0 saturated carbocycles. The van der Waals surface area contributed by atoms with Crippen LogP contribution >= 0.6 is 27.3 Å². The van der Waals surface area contributed by atoms with E-state index < -0.39 is 0 Å². The van der Waals surface area contributed by atoms with Crippen LogP contribution in [-0.4, -0.2) is 9.97 Å². The number of benzene rings is 1. The molecule has 0 radical (unpaired) electrons. The Hall–Kier alpha value is -1.39. The molecule has 0 saturated heterocycles. The highest BCUT2D eigenvalue weighted by Gasteiger charge is 2.06. The Balaban J connectivity index is 2.01. The van der Waals surface area contributed by atoms with Crippen molar-refractivity contribution in [3.8, 4) is 22.0 Å². The van der Waals surface area contributed by atoms with Crippen molar-refractivity contribution in [2.75, 3.05) is 0 Å². The number of halogens is 1. The van der Waals surface area contributed by atoms with Gasteiger partial charge >= 0.3 is 0 Å². The predicted molar refractivity (Wildman–Crippen MR) is 75.0 cm³/mol. The van der Waals surface area contributed by atoms with Crippen molar-refractivity contribution < 1.29 is 0 Å². The predicted octanol–water partition coefficient (Wildman–Crippen LogP) is 4.57. The molecule has 0 unspecified atom stereocenters. The summed E-state index contributed by atoms with van der Waals surface area (Å²) in [5, 5.41) is 3.11. The Morgan fingerprint density at radius 3 is 2.88 bits per heavy atom. The fraction of sp³-hybridized carbons (Fsp3) is 0. The number of nitrogens with one attached hydrogen (secondary N) is 1. The summed E-state index contributed by atoms with van der Waals surface area (Å²) < 4.78 is 1.08. The number of H-pyrrole nitrogens is 1. The van der Waals surface area contributed by atoms with E-state index in [1.165, 1.54) is 0 Å². The van der Waals surface area contributed by atoms with Crippen molar-refractivity contribution in [2.24, 2.45) is 0 Å². The zero-order valence-electron chi connectivity index (χ0n) is 8.85. The zero-order chi connectivity index (χ0) is 11.7. The first kappa shape index (κ1) is 10.7. The van der Waals surface area contributed by atoms with Crippen molar-refractivity contribution in [3.05, 3.63) is 52.4 Å². The summed E-state index contributed by atoms with van der Waals surface area (Å²) in [5.41, 5.74) is 3.19. The maximum Gasteiger partial charge on any atom is 0.124 e. The van der Waals surface area contributed by atoms with Gasteiger partial charge in [-0.25, -0.2) is 4.98 Å². The second-order valence-corrected chi connectivity index (χ2v) is 5.41. The maximum absolute atomic E-state index is 4.63. The third-order valence-electron chi connectivity index (χ3n) is 2.45. The maximum atomic E-state index is 4.63. The lowest BCUT2D eigenvalue weighted by Crippen LogP contribution is -1.79. The first-order valence-corrected chi connectivity index (χ1v) is 6.85. The van der Waals surface area contributed by atoms with Crippen LogP contribution in [0.4, 0.5) is 0 Å². The second kappa shape index (κ2) is 4.47. The summed E-state index contributed by atoms with van der Waals surface area (Å²) in [6, 6.07) is 12.2. The second-order valence-electron chi connectivity index (χ2n) is 3.63. The molecule has 4 heteroatoms. The number of aromatic amines is 1. The molecule has 0 fully saturated rings. The molecule has 17 heavy (non-hydrogen) atoms. The zero-order valence-corrected chi connectivity index (χ0v) is 11.3. The minimum atomic E-state index is 0.995. The fourth-order valence-electron chi connectivity index (χ4n) is 1.64. The van der Waals surface area contributed by atoms with Gasteiger partial charge in [0, 0.05) is 21.6 Å². The topological polar surface area (TPSA) is 28.7 Å². The van der Waals surface area contributed by atoms with Crippen LogP contribution in [0.5, 0.6) is 0 Å². The molecule has 2 heterocycles. The van der Waals surface area contributed by atoms with Gasteiger partial charge in [-0.3, -0.25) is 0 Å². The normalized spacial score (nSPS) is 10.6. The number of rotatable bonds is 2. The number of aromatic nitrogens is 2. The highest BCUT2D eigenvalue weighted by molar-refractivity contribution is 9.10. The van der Waals surface area contributed by atoms with Gasteiger partial charge in [-0.2, -0.15) is 0 Å². The highest BCUT2D eigenvalue weighted by Crippen LogP contribution is 2.29. The van der Waals surface area contributed by atoms with Gasteiger partial charge in [-0.15, -0.1) is 11.3 Å². The Morgan fingerprint density at radius 2 is 2.12 bits per heavy atom. The van der Waals surface area contributed by atoms with Crippen LogP contribution in [0.2, 0.25) is 0 Å². The number of hydrogen-bond acceptors (Lipinski definition) is 2. The molecule has 2 aromatic heterocycles. The van der Waals surface area contributed by atoms with Crippen molar-refractivity contribution >= 4 is 27.3 Å². The minimum absolute atomic E-state index is 0.995. The molecule has 84 valence electrons. The number of hydrogen-bond donors (Lipinski definition) is 1. The van der Waals surface area contributed by atoms with Crippen molar-refractivity contribution in [3.63, 3.8) is 0 Å². The SMILES string of the molecule is Brc1cccc(-c2nc(-c3ccc[nH]3)cs2)c1. The summed E-state index contributed by atoms with van der Waals surface area (Å²) in [6.07, 6.45) is 1.91. The lowest BCUT2D eigenvalue weighted by molar-refractivity contribution is 1.33. The van der Waals surface area contributed by atoms with E-state index in [9.17, 15) is 0 Å². The quantitative estimate of drug-likeness (QED) is 0.738. The van der Waals surface area contributed by atoms with Gasteiger partial charge < -0.3 is 4.98 Å². The summed E-state index contributed by atoms with van der Waals surface area (Å²) in [6.45, 7) is 0. The van der Waals surface area contributed by atoms with E-state index in [0.717, 1.165) is 26.4 Å².